The second kappa shape index (κ2) is 7.13. The first-order chi connectivity index (χ1) is 14.9. The van der Waals surface area contributed by atoms with Crippen molar-refractivity contribution in [2.75, 3.05) is 31.6 Å². The van der Waals surface area contributed by atoms with E-state index in [9.17, 15) is 24.3 Å². The van der Waals surface area contributed by atoms with E-state index in [1.807, 2.05) is 0 Å². The lowest BCUT2D eigenvalue weighted by Crippen LogP contribution is -2.54. The van der Waals surface area contributed by atoms with Gasteiger partial charge in [0.25, 0.3) is 11.8 Å². The van der Waals surface area contributed by atoms with Crippen LogP contribution in [0.3, 0.4) is 0 Å². The van der Waals surface area contributed by atoms with E-state index in [1.165, 1.54) is 0 Å². The molecule has 4 amide bonds. The van der Waals surface area contributed by atoms with Crippen molar-refractivity contribution in [3.05, 3.63) is 29.3 Å². The van der Waals surface area contributed by atoms with Crippen LogP contribution in [0.15, 0.2) is 18.2 Å². The number of piperidine rings is 2. The first-order valence-corrected chi connectivity index (χ1v) is 10.8. The fourth-order valence-corrected chi connectivity index (χ4v) is 5.60. The van der Waals surface area contributed by atoms with Crippen LogP contribution in [0.4, 0.5) is 5.69 Å². The van der Waals surface area contributed by atoms with Gasteiger partial charge in [-0.3, -0.25) is 29.4 Å². The molecule has 0 bridgehead atoms. The molecule has 2 unspecified atom stereocenters. The SMILES string of the molecule is O=C1CCC(N2C(=O)c3ccc(NCC4(CO)CC45CCNCC5)cc3C2=O)C(=O)N1. The van der Waals surface area contributed by atoms with Crippen molar-refractivity contribution in [2.24, 2.45) is 10.8 Å². The number of carbonyl (C=O) groups excluding carboxylic acids is 4. The maximum atomic E-state index is 13.0. The van der Waals surface area contributed by atoms with Crippen LogP contribution in [0, 0.1) is 10.8 Å². The van der Waals surface area contributed by atoms with Gasteiger partial charge in [-0.1, -0.05) is 0 Å². The lowest BCUT2D eigenvalue weighted by atomic mass is 9.85. The zero-order valence-electron chi connectivity index (χ0n) is 17.2. The largest absolute Gasteiger partial charge is 0.396 e. The van der Waals surface area contributed by atoms with Crippen molar-refractivity contribution in [1.29, 1.82) is 0 Å². The molecule has 0 aromatic heterocycles. The number of imide groups is 2. The zero-order chi connectivity index (χ0) is 21.8. The van der Waals surface area contributed by atoms with Crippen molar-refractivity contribution in [1.82, 2.24) is 15.5 Å². The van der Waals surface area contributed by atoms with Gasteiger partial charge in [-0.15, -0.1) is 0 Å². The van der Waals surface area contributed by atoms with Crippen LogP contribution in [-0.4, -0.2) is 65.9 Å². The molecule has 3 aliphatic heterocycles. The van der Waals surface area contributed by atoms with E-state index >= 15 is 0 Å². The first kappa shape index (κ1) is 20.1. The third-order valence-electron chi connectivity index (χ3n) is 7.61. The molecule has 1 aliphatic carbocycles. The smallest absolute Gasteiger partial charge is 0.262 e. The average molecular weight is 426 g/mol. The fourth-order valence-electron chi connectivity index (χ4n) is 5.60. The standard InChI is InChI=1S/C22H26N4O5/c27-12-22(10-21(22)5-7-23-8-6-21)11-24-13-1-2-14-15(9-13)20(31)26(19(14)30)16-3-4-17(28)25-18(16)29/h1-2,9,16,23-24,27H,3-8,10-12H2,(H,25,28,29). The van der Waals surface area contributed by atoms with Gasteiger partial charge in [-0.2, -0.15) is 0 Å². The lowest BCUT2D eigenvalue weighted by molar-refractivity contribution is -0.136. The predicted octanol–water partition coefficient (Wildman–Crippen LogP) is 0.252. The molecular formula is C22H26N4O5. The van der Waals surface area contributed by atoms with Crippen LogP contribution in [0.5, 0.6) is 0 Å². The maximum absolute atomic E-state index is 13.0. The van der Waals surface area contributed by atoms with E-state index in [4.69, 9.17) is 0 Å². The minimum Gasteiger partial charge on any atom is -0.396 e. The topological polar surface area (TPSA) is 128 Å². The summed E-state index contributed by atoms with van der Waals surface area (Å²) in [6.07, 6.45) is 3.31. The van der Waals surface area contributed by atoms with E-state index in [1.54, 1.807) is 18.2 Å². The summed E-state index contributed by atoms with van der Waals surface area (Å²) in [5.74, 6) is -2.04. The van der Waals surface area contributed by atoms with Gasteiger partial charge in [0, 0.05) is 24.1 Å². The number of nitrogens with zero attached hydrogens (tertiary/aromatic N) is 1. The maximum Gasteiger partial charge on any atom is 0.262 e. The molecule has 4 N–H and O–H groups in total. The zero-order valence-corrected chi connectivity index (χ0v) is 17.2. The minimum absolute atomic E-state index is 0.0944. The number of nitrogens with one attached hydrogen (secondary N) is 3. The molecule has 2 atom stereocenters. The van der Waals surface area contributed by atoms with Crippen LogP contribution in [0.2, 0.25) is 0 Å². The molecule has 0 radical (unpaired) electrons. The van der Waals surface area contributed by atoms with Crippen LogP contribution in [-0.2, 0) is 9.59 Å². The van der Waals surface area contributed by atoms with E-state index < -0.39 is 29.7 Å². The monoisotopic (exact) mass is 426 g/mol. The Hall–Kier alpha value is -2.78. The predicted molar refractivity (Wildman–Crippen MR) is 110 cm³/mol. The molecule has 1 aromatic rings. The summed E-state index contributed by atoms with van der Waals surface area (Å²) in [4.78, 5) is 50.3. The fraction of sp³-hybridized carbons (Fsp3) is 0.545. The number of amides is 4. The van der Waals surface area contributed by atoms with E-state index in [2.05, 4.69) is 16.0 Å². The Morgan fingerprint density at radius 2 is 1.84 bits per heavy atom. The number of fused-ring (bicyclic) bond motifs is 1. The Labute approximate surface area is 179 Å². The van der Waals surface area contributed by atoms with E-state index in [0.29, 0.717) is 12.2 Å². The van der Waals surface area contributed by atoms with Crippen LogP contribution < -0.4 is 16.0 Å². The van der Waals surface area contributed by atoms with Crippen LogP contribution >= 0.6 is 0 Å². The van der Waals surface area contributed by atoms with Crippen molar-refractivity contribution >= 4 is 29.3 Å². The molecule has 164 valence electrons. The summed E-state index contributed by atoms with van der Waals surface area (Å²) >= 11 is 0. The van der Waals surface area contributed by atoms with Gasteiger partial charge in [0.1, 0.15) is 6.04 Å². The second-order valence-corrected chi connectivity index (χ2v) is 9.21. The first-order valence-electron chi connectivity index (χ1n) is 10.8. The second-order valence-electron chi connectivity index (χ2n) is 9.21. The molecule has 31 heavy (non-hydrogen) atoms. The molecule has 9 nitrogen and oxygen atoms in total. The van der Waals surface area contributed by atoms with Gasteiger partial charge in [-0.25, -0.2) is 0 Å². The third-order valence-corrected chi connectivity index (χ3v) is 7.61. The number of carbonyl (C=O) groups is 4. The summed E-state index contributed by atoms with van der Waals surface area (Å²) < 4.78 is 0. The Morgan fingerprint density at radius 3 is 2.55 bits per heavy atom. The van der Waals surface area contributed by atoms with E-state index in [-0.39, 0.29) is 41.4 Å². The number of rotatable bonds is 5. The summed E-state index contributed by atoms with van der Waals surface area (Å²) in [7, 11) is 0. The Bertz CT molecular complexity index is 986. The molecular weight excluding hydrogens is 400 g/mol. The number of hydrogen-bond acceptors (Lipinski definition) is 7. The van der Waals surface area contributed by atoms with Crippen LogP contribution in [0.1, 0.15) is 52.8 Å². The van der Waals surface area contributed by atoms with Crippen molar-refractivity contribution in [2.45, 2.75) is 38.1 Å². The number of anilines is 1. The van der Waals surface area contributed by atoms with Crippen LogP contribution in [0.25, 0.3) is 0 Å². The van der Waals surface area contributed by atoms with Crippen molar-refractivity contribution in [3.8, 4) is 0 Å². The molecule has 2 saturated heterocycles. The Balaban J connectivity index is 1.32. The van der Waals surface area contributed by atoms with Gasteiger partial charge in [0.15, 0.2) is 0 Å². The normalized spacial score (nSPS) is 29.2. The van der Waals surface area contributed by atoms with Gasteiger partial charge in [0.05, 0.1) is 17.7 Å². The molecule has 9 heteroatoms. The lowest BCUT2D eigenvalue weighted by Gasteiger charge is -2.29. The number of benzene rings is 1. The highest BCUT2D eigenvalue weighted by molar-refractivity contribution is 6.23. The Kier molecular flexibility index (Phi) is 4.63. The van der Waals surface area contributed by atoms with Gasteiger partial charge in [-0.05, 0) is 62.4 Å². The summed E-state index contributed by atoms with van der Waals surface area (Å²) in [5, 5.41) is 19.0. The highest BCUT2D eigenvalue weighted by Gasteiger charge is 2.65. The number of aliphatic hydroxyl groups excluding tert-OH is 1. The molecule has 1 aromatic carbocycles. The summed E-state index contributed by atoms with van der Waals surface area (Å²) in [5.41, 5.74) is 1.23. The summed E-state index contributed by atoms with van der Waals surface area (Å²) in [6, 6.07) is 4.03. The highest BCUT2D eigenvalue weighted by Crippen LogP contribution is 2.68. The number of aliphatic hydroxyl groups is 1. The molecule has 5 rings (SSSR count). The number of hydrogen-bond donors (Lipinski definition) is 4. The van der Waals surface area contributed by atoms with Gasteiger partial charge in [0.2, 0.25) is 11.8 Å². The quantitative estimate of drug-likeness (QED) is 0.497. The van der Waals surface area contributed by atoms with Crippen molar-refractivity contribution in [3.63, 3.8) is 0 Å². The summed E-state index contributed by atoms with van der Waals surface area (Å²) in [6.45, 7) is 2.65. The van der Waals surface area contributed by atoms with Gasteiger partial charge < -0.3 is 15.7 Å². The van der Waals surface area contributed by atoms with E-state index in [0.717, 1.165) is 37.3 Å². The molecule has 1 saturated carbocycles. The Morgan fingerprint density at radius 1 is 1.10 bits per heavy atom. The molecule has 1 spiro atoms. The molecule has 3 heterocycles. The minimum atomic E-state index is -0.967. The van der Waals surface area contributed by atoms with Gasteiger partial charge >= 0.3 is 0 Å². The third kappa shape index (κ3) is 3.06. The molecule has 4 aliphatic rings. The molecule has 3 fully saturated rings. The highest BCUT2D eigenvalue weighted by atomic mass is 16.3. The van der Waals surface area contributed by atoms with Crippen molar-refractivity contribution < 1.29 is 24.3 Å². The average Bonchev–Trinajstić information content (AvgIpc) is 3.31.